The van der Waals surface area contributed by atoms with Crippen molar-refractivity contribution < 1.29 is 14.3 Å². The van der Waals surface area contributed by atoms with Crippen molar-refractivity contribution >= 4 is 11.8 Å². The first-order valence-electron chi connectivity index (χ1n) is 10.0. The van der Waals surface area contributed by atoms with Gasteiger partial charge in [0.15, 0.2) is 6.61 Å². The van der Waals surface area contributed by atoms with E-state index in [2.05, 4.69) is 5.32 Å². The molecule has 2 aromatic carbocycles. The lowest BCUT2D eigenvalue weighted by molar-refractivity contribution is -0.142. The number of nitrogens with one attached hydrogen (secondary N) is 1. The predicted octanol–water partition coefficient (Wildman–Crippen LogP) is 3.93. The summed E-state index contributed by atoms with van der Waals surface area (Å²) >= 11 is 0. The van der Waals surface area contributed by atoms with E-state index in [1.807, 2.05) is 77.1 Å². The minimum atomic E-state index is -0.603. The molecule has 0 aliphatic carbocycles. The van der Waals surface area contributed by atoms with Crippen LogP contribution in [0.15, 0.2) is 42.5 Å². The van der Waals surface area contributed by atoms with E-state index in [-0.39, 0.29) is 24.5 Å². The zero-order valence-corrected chi connectivity index (χ0v) is 18.3. The summed E-state index contributed by atoms with van der Waals surface area (Å²) in [5.74, 6) is 0.250. The van der Waals surface area contributed by atoms with Crippen LogP contribution in [-0.2, 0) is 16.1 Å². The van der Waals surface area contributed by atoms with Gasteiger partial charge in [-0.05, 0) is 70.4 Å². The maximum Gasteiger partial charge on any atom is 0.261 e. The number of carbonyl (C=O) groups is 2. The Labute approximate surface area is 174 Å². The largest absolute Gasteiger partial charge is 0.484 e. The van der Waals surface area contributed by atoms with Gasteiger partial charge in [0, 0.05) is 12.6 Å². The highest BCUT2D eigenvalue weighted by Crippen LogP contribution is 2.17. The first-order chi connectivity index (χ1) is 13.7. The zero-order chi connectivity index (χ0) is 21.6. The summed E-state index contributed by atoms with van der Waals surface area (Å²) < 4.78 is 5.73. The van der Waals surface area contributed by atoms with Crippen molar-refractivity contribution in [3.63, 3.8) is 0 Å². The molecule has 1 atom stereocenters. The van der Waals surface area contributed by atoms with Crippen molar-refractivity contribution in [2.75, 3.05) is 6.61 Å². The monoisotopic (exact) mass is 396 g/mol. The highest BCUT2D eigenvalue weighted by Gasteiger charge is 2.26. The molecule has 5 nitrogen and oxygen atoms in total. The van der Waals surface area contributed by atoms with E-state index in [1.54, 1.807) is 11.8 Å². The third-order valence-corrected chi connectivity index (χ3v) is 4.87. The highest BCUT2D eigenvalue weighted by molar-refractivity contribution is 5.88. The lowest BCUT2D eigenvalue weighted by atomic mass is 10.1. The average molecular weight is 397 g/mol. The number of benzene rings is 2. The van der Waals surface area contributed by atoms with Gasteiger partial charge in [0.25, 0.3) is 5.91 Å². The number of nitrogens with zero attached hydrogens (tertiary/aromatic N) is 1. The molecule has 0 aliphatic heterocycles. The number of carbonyl (C=O) groups excluding carboxylic acids is 2. The molecule has 0 heterocycles. The van der Waals surface area contributed by atoms with Crippen LogP contribution in [0.3, 0.4) is 0 Å². The molecular formula is C24H32N2O3. The van der Waals surface area contributed by atoms with Crippen molar-refractivity contribution in [1.82, 2.24) is 10.2 Å². The van der Waals surface area contributed by atoms with Crippen LogP contribution in [0.4, 0.5) is 0 Å². The van der Waals surface area contributed by atoms with Gasteiger partial charge in [0.05, 0.1) is 0 Å². The molecule has 2 aromatic rings. The second-order valence-corrected chi connectivity index (χ2v) is 7.88. The summed E-state index contributed by atoms with van der Waals surface area (Å²) in [7, 11) is 0. The van der Waals surface area contributed by atoms with E-state index in [0.717, 1.165) is 16.7 Å². The summed E-state index contributed by atoms with van der Waals surface area (Å²) in [4.78, 5) is 27.2. The topological polar surface area (TPSA) is 58.6 Å². The molecule has 2 amide bonds. The molecular weight excluding hydrogens is 364 g/mol. The minimum absolute atomic E-state index is 0.00709. The Kier molecular flexibility index (Phi) is 7.82. The van der Waals surface area contributed by atoms with E-state index in [0.29, 0.717) is 12.3 Å². The molecule has 156 valence electrons. The van der Waals surface area contributed by atoms with Gasteiger partial charge in [-0.15, -0.1) is 0 Å². The standard InChI is InChI=1S/C24H32N2O3/c1-16(2)25-24(28)20(6)26(14-21-9-7-8-17(3)12-21)23(27)15-29-22-11-10-18(4)19(5)13-22/h7-13,16,20H,14-15H2,1-6H3,(H,25,28). The van der Waals surface area contributed by atoms with Crippen LogP contribution in [0.25, 0.3) is 0 Å². The number of rotatable bonds is 8. The Bertz CT molecular complexity index is 861. The first kappa shape index (κ1) is 22.5. The summed E-state index contributed by atoms with van der Waals surface area (Å²) in [5, 5.41) is 2.89. The quantitative estimate of drug-likeness (QED) is 0.735. The molecule has 0 saturated heterocycles. The second kappa shape index (κ2) is 10.1. The van der Waals surface area contributed by atoms with Gasteiger partial charge in [-0.2, -0.15) is 0 Å². The Morgan fingerprint density at radius 1 is 1.00 bits per heavy atom. The lowest BCUT2D eigenvalue weighted by Gasteiger charge is -2.29. The first-order valence-corrected chi connectivity index (χ1v) is 10.0. The molecule has 0 saturated carbocycles. The maximum atomic E-state index is 13.0. The second-order valence-electron chi connectivity index (χ2n) is 7.88. The van der Waals surface area contributed by atoms with E-state index in [1.165, 1.54) is 5.56 Å². The fourth-order valence-corrected chi connectivity index (χ4v) is 3.03. The number of amides is 2. The summed E-state index contributed by atoms with van der Waals surface area (Å²) in [6.45, 7) is 11.8. The lowest BCUT2D eigenvalue weighted by Crippen LogP contribution is -2.50. The maximum absolute atomic E-state index is 13.0. The van der Waals surface area contributed by atoms with Crippen LogP contribution in [0.1, 0.15) is 43.0 Å². The van der Waals surface area contributed by atoms with Crippen LogP contribution in [0.2, 0.25) is 0 Å². The third kappa shape index (κ3) is 6.63. The van der Waals surface area contributed by atoms with Gasteiger partial charge in [0.2, 0.25) is 5.91 Å². The number of ether oxygens (including phenoxy) is 1. The van der Waals surface area contributed by atoms with Crippen molar-refractivity contribution in [2.24, 2.45) is 0 Å². The molecule has 29 heavy (non-hydrogen) atoms. The van der Waals surface area contributed by atoms with Gasteiger partial charge in [-0.3, -0.25) is 9.59 Å². The molecule has 0 aromatic heterocycles. The molecule has 1 N–H and O–H groups in total. The molecule has 0 bridgehead atoms. The summed E-state index contributed by atoms with van der Waals surface area (Å²) in [6, 6.07) is 13.1. The van der Waals surface area contributed by atoms with Crippen molar-refractivity contribution in [3.8, 4) is 5.75 Å². The van der Waals surface area contributed by atoms with Gasteiger partial charge < -0.3 is 15.0 Å². The molecule has 0 radical (unpaired) electrons. The van der Waals surface area contributed by atoms with Crippen LogP contribution < -0.4 is 10.1 Å². The summed E-state index contributed by atoms with van der Waals surface area (Å²) in [5.41, 5.74) is 4.37. The smallest absolute Gasteiger partial charge is 0.261 e. The number of aryl methyl sites for hydroxylation is 3. The average Bonchev–Trinajstić information content (AvgIpc) is 2.65. The Hall–Kier alpha value is -2.82. The fourth-order valence-electron chi connectivity index (χ4n) is 3.03. The molecule has 5 heteroatoms. The predicted molar refractivity (Wildman–Crippen MR) is 116 cm³/mol. The van der Waals surface area contributed by atoms with Crippen LogP contribution >= 0.6 is 0 Å². The van der Waals surface area contributed by atoms with E-state index >= 15 is 0 Å². The van der Waals surface area contributed by atoms with Crippen LogP contribution in [-0.4, -0.2) is 35.4 Å². The molecule has 2 rings (SSSR count). The molecule has 1 unspecified atom stereocenters. The molecule has 0 aliphatic rings. The van der Waals surface area contributed by atoms with E-state index in [9.17, 15) is 9.59 Å². The van der Waals surface area contributed by atoms with Crippen LogP contribution in [0.5, 0.6) is 5.75 Å². The van der Waals surface area contributed by atoms with Gasteiger partial charge in [-0.1, -0.05) is 35.9 Å². The van der Waals surface area contributed by atoms with Crippen LogP contribution in [0, 0.1) is 20.8 Å². The van der Waals surface area contributed by atoms with Gasteiger partial charge in [-0.25, -0.2) is 0 Å². The van der Waals surface area contributed by atoms with E-state index < -0.39 is 6.04 Å². The number of hydrogen-bond acceptors (Lipinski definition) is 3. The minimum Gasteiger partial charge on any atom is -0.484 e. The van der Waals surface area contributed by atoms with Gasteiger partial charge >= 0.3 is 0 Å². The third-order valence-electron chi connectivity index (χ3n) is 4.87. The molecule has 0 spiro atoms. The Balaban J connectivity index is 2.16. The molecule has 0 fully saturated rings. The summed E-state index contributed by atoms with van der Waals surface area (Å²) in [6.07, 6.45) is 0. The number of hydrogen-bond donors (Lipinski definition) is 1. The van der Waals surface area contributed by atoms with Crippen molar-refractivity contribution in [1.29, 1.82) is 0 Å². The normalized spacial score (nSPS) is 11.8. The highest BCUT2D eigenvalue weighted by atomic mass is 16.5. The van der Waals surface area contributed by atoms with Crippen molar-refractivity contribution in [3.05, 3.63) is 64.7 Å². The van der Waals surface area contributed by atoms with Crippen molar-refractivity contribution in [2.45, 2.75) is 60.2 Å². The Morgan fingerprint density at radius 3 is 2.34 bits per heavy atom. The Morgan fingerprint density at radius 2 is 1.72 bits per heavy atom. The van der Waals surface area contributed by atoms with Gasteiger partial charge in [0.1, 0.15) is 11.8 Å². The SMILES string of the molecule is Cc1cccc(CN(C(=O)COc2ccc(C)c(C)c2)C(C)C(=O)NC(C)C)c1. The zero-order valence-electron chi connectivity index (χ0n) is 18.3. The van der Waals surface area contributed by atoms with E-state index in [4.69, 9.17) is 4.74 Å². The fraction of sp³-hybridized carbons (Fsp3) is 0.417.